The van der Waals surface area contributed by atoms with Gasteiger partial charge in [-0.3, -0.25) is 14.9 Å². The van der Waals surface area contributed by atoms with Crippen LogP contribution in [0.25, 0.3) is 0 Å². The smallest absolute Gasteiger partial charge is 0.332 e. The van der Waals surface area contributed by atoms with Crippen LogP contribution in [0.5, 0.6) is 0 Å². The number of nitrogens with two attached hydrogens (primary N) is 1. The second-order valence-corrected chi connectivity index (χ2v) is 4.87. The Kier molecular flexibility index (Phi) is 4.56. The first-order valence-electron chi connectivity index (χ1n) is 6.60. The number of nitrogens with zero attached hydrogens (tertiary/aromatic N) is 2. The van der Waals surface area contributed by atoms with Crippen molar-refractivity contribution in [3.05, 3.63) is 39.9 Å². The van der Waals surface area contributed by atoms with Crippen molar-refractivity contribution in [2.75, 3.05) is 5.06 Å². The lowest BCUT2D eigenvalue weighted by Gasteiger charge is -2.20. The highest BCUT2D eigenvalue weighted by Gasteiger charge is 2.40. The number of hydrogen-bond acceptors (Lipinski definition) is 7. The largest absolute Gasteiger partial charge is 0.480 e. The molecule has 1 aliphatic rings. The van der Waals surface area contributed by atoms with E-state index < -0.39 is 29.1 Å². The van der Waals surface area contributed by atoms with Crippen molar-refractivity contribution in [3.63, 3.8) is 0 Å². The first-order valence-corrected chi connectivity index (χ1v) is 6.60. The van der Waals surface area contributed by atoms with Crippen LogP contribution in [0, 0.1) is 10.1 Å². The molecule has 0 fully saturated rings. The summed E-state index contributed by atoms with van der Waals surface area (Å²) in [5.74, 6) is -1.98. The molecule has 0 spiro atoms. The Balaban J connectivity index is 2.04. The molecule has 1 heterocycles. The molecule has 1 aromatic rings. The molecule has 0 saturated carbocycles. The number of benzene rings is 1. The zero-order chi connectivity index (χ0) is 16.3. The fourth-order valence-corrected chi connectivity index (χ4v) is 2.16. The van der Waals surface area contributed by atoms with Gasteiger partial charge in [-0.25, -0.2) is 4.79 Å². The zero-order valence-electron chi connectivity index (χ0n) is 11.5. The summed E-state index contributed by atoms with van der Waals surface area (Å²) in [6.07, 6.45) is -1.40. The number of fused-ring (bicyclic) bond motifs is 1. The molecule has 2 atom stereocenters. The van der Waals surface area contributed by atoms with Gasteiger partial charge in [-0.05, 0) is 18.1 Å². The molecule has 118 valence electrons. The molecular formula is C13H15N3O6. The van der Waals surface area contributed by atoms with E-state index in [2.05, 4.69) is 0 Å². The maximum absolute atomic E-state index is 11.8. The maximum atomic E-state index is 11.8. The van der Waals surface area contributed by atoms with Gasteiger partial charge in [0.25, 0.3) is 0 Å². The van der Waals surface area contributed by atoms with Crippen molar-refractivity contribution >= 4 is 17.6 Å². The number of hydroxylamine groups is 1. The van der Waals surface area contributed by atoms with Crippen LogP contribution in [0.1, 0.15) is 18.4 Å². The zero-order valence-corrected chi connectivity index (χ0v) is 11.5. The Bertz CT molecular complexity index is 605. The predicted molar refractivity (Wildman–Crippen MR) is 74.3 cm³/mol. The SMILES string of the molecule is N[C@@H](CCC(=O)ON1c2ccccc2CC1[N+](=O)[O-])C(=O)O. The molecule has 22 heavy (non-hydrogen) atoms. The van der Waals surface area contributed by atoms with Crippen LogP contribution < -0.4 is 10.8 Å². The van der Waals surface area contributed by atoms with Gasteiger partial charge in [-0.15, -0.1) is 5.06 Å². The highest BCUT2D eigenvalue weighted by molar-refractivity contribution is 5.76. The van der Waals surface area contributed by atoms with Gasteiger partial charge >= 0.3 is 18.1 Å². The normalized spacial score (nSPS) is 17.7. The number of carboxylic acid groups (broad SMARTS) is 1. The van der Waals surface area contributed by atoms with Crippen molar-refractivity contribution in [2.45, 2.75) is 31.5 Å². The summed E-state index contributed by atoms with van der Waals surface area (Å²) in [7, 11) is 0. The molecule has 0 aromatic heterocycles. The third-order valence-electron chi connectivity index (χ3n) is 3.32. The molecule has 0 saturated heterocycles. The van der Waals surface area contributed by atoms with Crippen molar-refractivity contribution < 1.29 is 24.5 Å². The minimum atomic E-state index is -1.22. The minimum absolute atomic E-state index is 0.104. The van der Waals surface area contributed by atoms with Crippen molar-refractivity contribution in [2.24, 2.45) is 5.73 Å². The quantitative estimate of drug-likeness (QED) is 0.565. The molecule has 1 unspecified atom stereocenters. The maximum Gasteiger partial charge on any atom is 0.332 e. The summed E-state index contributed by atoms with van der Waals surface area (Å²) < 4.78 is 0. The average molecular weight is 309 g/mol. The number of para-hydroxylation sites is 1. The highest BCUT2D eigenvalue weighted by atomic mass is 16.7. The predicted octanol–water partition coefficient (Wildman–Crippen LogP) is 0.302. The first-order chi connectivity index (χ1) is 10.4. The summed E-state index contributed by atoms with van der Waals surface area (Å²) in [6, 6.07) is 5.59. The number of anilines is 1. The Morgan fingerprint density at radius 1 is 1.50 bits per heavy atom. The van der Waals surface area contributed by atoms with Gasteiger partial charge < -0.3 is 15.7 Å². The number of nitro groups is 1. The molecule has 1 aliphatic heterocycles. The third-order valence-corrected chi connectivity index (χ3v) is 3.32. The highest BCUT2D eigenvalue weighted by Crippen LogP contribution is 2.32. The monoisotopic (exact) mass is 309 g/mol. The summed E-state index contributed by atoms with van der Waals surface area (Å²) in [5, 5.41) is 20.7. The fraction of sp³-hybridized carbons (Fsp3) is 0.385. The van der Waals surface area contributed by atoms with Gasteiger partial charge in [0, 0.05) is 4.92 Å². The van der Waals surface area contributed by atoms with Gasteiger partial charge in [0.1, 0.15) is 6.04 Å². The van der Waals surface area contributed by atoms with Crippen LogP contribution in [-0.2, 0) is 20.8 Å². The van der Waals surface area contributed by atoms with E-state index in [0.29, 0.717) is 11.3 Å². The van der Waals surface area contributed by atoms with E-state index in [4.69, 9.17) is 15.7 Å². The summed E-state index contributed by atoms with van der Waals surface area (Å²) in [6.45, 7) is 0. The van der Waals surface area contributed by atoms with Crippen molar-refractivity contribution in [3.8, 4) is 0 Å². The Hall–Kier alpha value is -2.68. The molecule has 2 rings (SSSR count). The lowest BCUT2D eigenvalue weighted by molar-refractivity contribution is -0.526. The van der Waals surface area contributed by atoms with Gasteiger partial charge in [-0.1, -0.05) is 18.2 Å². The van der Waals surface area contributed by atoms with Gasteiger partial charge in [0.15, 0.2) is 0 Å². The van der Waals surface area contributed by atoms with E-state index in [1.165, 1.54) is 0 Å². The molecule has 3 N–H and O–H groups in total. The Labute approximate surface area is 125 Å². The third kappa shape index (κ3) is 3.31. The summed E-state index contributed by atoms with van der Waals surface area (Å²) in [5.41, 5.74) is 6.46. The minimum Gasteiger partial charge on any atom is -0.480 e. The van der Waals surface area contributed by atoms with E-state index in [0.717, 1.165) is 5.06 Å². The number of hydrogen-bond donors (Lipinski definition) is 2. The molecule has 0 bridgehead atoms. The van der Waals surface area contributed by atoms with Crippen LogP contribution in [0.15, 0.2) is 24.3 Å². The average Bonchev–Trinajstić information content (AvgIpc) is 2.84. The fourth-order valence-electron chi connectivity index (χ4n) is 2.16. The van der Waals surface area contributed by atoms with E-state index in [1.54, 1.807) is 24.3 Å². The molecule has 0 aliphatic carbocycles. The number of carboxylic acids is 1. The second kappa shape index (κ2) is 6.39. The molecular weight excluding hydrogens is 294 g/mol. The standard InChI is InChI=1S/C13H15N3O6/c14-9(13(18)19)5-6-12(17)22-15-10-4-2-1-3-8(10)7-11(15)16(20)21/h1-4,9,11H,5-7,14H2,(H,18,19)/t9-,11?/m0/s1. The lowest BCUT2D eigenvalue weighted by Crippen LogP contribution is -2.40. The lowest BCUT2D eigenvalue weighted by atomic mass is 10.1. The topological polar surface area (TPSA) is 136 Å². The van der Waals surface area contributed by atoms with E-state index >= 15 is 0 Å². The van der Waals surface area contributed by atoms with Crippen LogP contribution >= 0.6 is 0 Å². The number of aliphatic carboxylic acids is 1. The Morgan fingerprint density at radius 3 is 2.82 bits per heavy atom. The van der Waals surface area contributed by atoms with Crippen LogP contribution in [0.2, 0.25) is 0 Å². The second-order valence-electron chi connectivity index (χ2n) is 4.87. The van der Waals surface area contributed by atoms with Gasteiger partial charge in [-0.2, -0.15) is 0 Å². The first kappa shape index (κ1) is 15.7. The van der Waals surface area contributed by atoms with Crippen LogP contribution in [0.3, 0.4) is 0 Å². The van der Waals surface area contributed by atoms with E-state index in [-0.39, 0.29) is 19.3 Å². The van der Waals surface area contributed by atoms with Crippen LogP contribution in [0.4, 0.5) is 5.69 Å². The molecule has 9 heteroatoms. The van der Waals surface area contributed by atoms with Crippen molar-refractivity contribution in [1.82, 2.24) is 0 Å². The number of carbonyl (C=O) groups excluding carboxylic acids is 1. The van der Waals surface area contributed by atoms with Gasteiger partial charge in [0.2, 0.25) is 0 Å². The van der Waals surface area contributed by atoms with Crippen LogP contribution in [-0.4, -0.2) is 34.2 Å². The molecule has 0 radical (unpaired) electrons. The van der Waals surface area contributed by atoms with Crippen molar-refractivity contribution in [1.29, 1.82) is 0 Å². The number of rotatable bonds is 6. The summed E-state index contributed by atoms with van der Waals surface area (Å²) >= 11 is 0. The molecule has 9 nitrogen and oxygen atoms in total. The Morgan fingerprint density at radius 2 is 2.18 bits per heavy atom. The number of carbonyl (C=O) groups is 2. The van der Waals surface area contributed by atoms with E-state index in [1.807, 2.05) is 0 Å². The molecule has 1 aromatic carbocycles. The summed E-state index contributed by atoms with van der Waals surface area (Å²) in [4.78, 5) is 38.0. The van der Waals surface area contributed by atoms with Gasteiger partial charge in [0.05, 0.1) is 18.5 Å². The van der Waals surface area contributed by atoms with E-state index in [9.17, 15) is 19.7 Å². The molecule has 0 amide bonds.